The summed E-state index contributed by atoms with van der Waals surface area (Å²) in [5, 5.41) is 19.7. The third-order valence-corrected chi connectivity index (χ3v) is 3.02. The Morgan fingerprint density at radius 3 is 2.76 bits per heavy atom. The normalized spacial score (nSPS) is 10.7. The molecule has 0 aliphatic rings. The molecule has 1 aromatic heterocycles. The lowest BCUT2D eigenvalue weighted by Gasteiger charge is -2.07. The van der Waals surface area contributed by atoms with Crippen LogP contribution in [0.3, 0.4) is 0 Å². The highest BCUT2D eigenvalue weighted by molar-refractivity contribution is 5.87. The predicted octanol–water partition coefficient (Wildman–Crippen LogP) is 2.09. The molecule has 6 heteroatoms. The molecule has 0 saturated carbocycles. The highest BCUT2D eigenvalue weighted by Gasteiger charge is 2.12. The fourth-order valence-electron chi connectivity index (χ4n) is 2.20. The number of carbonyl (C=O) groups is 1. The molecule has 0 amide bonds. The van der Waals surface area contributed by atoms with Crippen molar-refractivity contribution < 1.29 is 24.2 Å². The number of ether oxygens (including phenoxy) is 1. The van der Waals surface area contributed by atoms with E-state index in [2.05, 4.69) is 0 Å². The molecule has 21 heavy (non-hydrogen) atoms. The zero-order valence-corrected chi connectivity index (χ0v) is 11.6. The molecule has 0 atom stereocenters. The molecule has 112 valence electrons. The van der Waals surface area contributed by atoms with Crippen molar-refractivity contribution in [3.63, 3.8) is 0 Å². The van der Waals surface area contributed by atoms with Crippen LogP contribution < -0.4 is 5.63 Å². The molecule has 0 saturated heterocycles. The van der Waals surface area contributed by atoms with Crippen LogP contribution in [0, 0.1) is 0 Å². The second-order valence-electron chi connectivity index (χ2n) is 4.59. The van der Waals surface area contributed by atoms with Gasteiger partial charge in [-0.1, -0.05) is 0 Å². The van der Waals surface area contributed by atoms with E-state index < -0.39 is 5.63 Å². The molecular weight excluding hydrogens is 276 g/mol. The Balaban J connectivity index is 2.27. The maximum Gasteiger partial charge on any atom is 0.336 e. The standard InChI is InChI=1S/C15H16O6/c1-2-20-13(18)5-3-4-9-6-14(19)21-12-8-10(16)7-11(17)15(9)12/h6-8,16-17H,2-5H2,1H3. The Labute approximate surface area is 120 Å². The van der Waals surface area contributed by atoms with Crippen LogP contribution in [0.4, 0.5) is 0 Å². The second kappa shape index (κ2) is 6.30. The van der Waals surface area contributed by atoms with E-state index in [9.17, 15) is 19.8 Å². The maximum absolute atomic E-state index is 11.5. The van der Waals surface area contributed by atoms with E-state index in [-0.39, 0.29) is 29.5 Å². The number of phenolic OH excluding ortho intramolecular Hbond substituents is 2. The molecule has 0 radical (unpaired) electrons. The van der Waals surface area contributed by atoms with Gasteiger partial charge >= 0.3 is 11.6 Å². The van der Waals surface area contributed by atoms with Gasteiger partial charge in [-0.2, -0.15) is 0 Å². The molecular formula is C15H16O6. The number of aryl methyl sites for hydroxylation is 1. The fraction of sp³-hybridized carbons (Fsp3) is 0.333. The van der Waals surface area contributed by atoms with Gasteiger partial charge in [0.15, 0.2) is 0 Å². The summed E-state index contributed by atoms with van der Waals surface area (Å²) in [4.78, 5) is 22.8. The number of phenols is 2. The lowest BCUT2D eigenvalue weighted by atomic mass is 10.0. The molecule has 1 heterocycles. The van der Waals surface area contributed by atoms with Gasteiger partial charge in [0.2, 0.25) is 0 Å². The fourth-order valence-corrected chi connectivity index (χ4v) is 2.20. The first-order valence-electron chi connectivity index (χ1n) is 6.65. The highest BCUT2D eigenvalue weighted by atomic mass is 16.5. The molecule has 0 spiro atoms. The minimum atomic E-state index is -0.571. The molecule has 1 aromatic carbocycles. The number of hydrogen-bond donors (Lipinski definition) is 2. The van der Waals surface area contributed by atoms with Crippen LogP contribution in [0.2, 0.25) is 0 Å². The van der Waals surface area contributed by atoms with Crippen LogP contribution in [0.25, 0.3) is 11.0 Å². The van der Waals surface area contributed by atoms with Crippen LogP contribution in [0.15, 0.2) is 27.4 Å². The van der Waals surface area contributed by atoms with Gasteiger partial charge in [-0.3, -0.25) is 4.79 Å². The van der Waals surface area contributed by atoms with E-state index in [1.807, 2.05) is 0 Å². The van der Waals surface area contributed by atoms with Crippen molar-refractivity contribution in [2.45, 2.75) is 26.2 Å². The third kappa shape index (κ3) is 3.53. The zero-order chi connectivity index (χ0) is 15.4. The number of fused-ring (bicyclic) bond motifs is 1. The van der Waals surface area contributed by atoms with Crippen molar-refractivity contribution in [2.75, 3.05) is 6.61 Å². The van der Waals surface area contributed by atoms with Crippen molar-refractivity contribution in [1.82, 2.24) is 0 Å². The van der Waals surface area contributed by atoms with Crippen molar-refractivity contribution in [1.29, 1.82) is 0 Å². The lowest BCUT2D eigenvalue weighted by molar-refractivity contribution is -0.143. The van der Waals surface area contributed by atoms with E-state index >= 15 is 0 Å². The van der Waals surface area contributed by atoms with Crippen LogP contribution in [-0.4, -0.2) is 22.8 Å². The van der Waals surface area contributed by atoms with Crippen LogP contribution in [-0.2, 0) is 16.0 Å². The Kier molecular flexibility index (Phi) is 4.47. The van der Waals surface area contributed by atoms with Crippen molar-refractivity contribution in [2.24, 2.45) is 0 Å². The first-order chi connectivity index (χ1) is 10.0. The zero-order valence-electron chi connectivity index (χ0n) is 11.6. The SMILES string of the molecule is CCOC(=O)CCCc1cc(=O)oc2cc(O)cc(O)c12. The third-order valence-electron chi connectivity index (χ3n) is 3.02. The average molecular weight is 292 g/mol. The van der Waals surface area contributed by atoms with Crippen LogP contribution in [0.1, 0.15) is 25.3 Å². The van der Waals surface area contributed by atoms with Gasteiger partial charge in [-0.25, -0.2) is 4.79 Å². The summed E-state index contributed by atoms with van der Waals surface area (Å²) in [5.74, 6) is -0.654. The molecule has 0 fully saturated rings. The van der Waals surface area contributed by atoms with Crippen molar-refractivity contribution >= 4 is 16.9 Å². The van der Waals surface area contributed by atoms with E-state index in [1.165, 1.54) is 18.2 Å². The largest absolute Gasteiger partial charge is 0.508 e. The van der Waals surface area contributed by atoms with Gasteiger partial charge in [-0.15, -0.1) is 0 Å². The summed E-state index contributed by atoms with van der Waals surface area (Å²) in [6.07, 6.45) is 1.13. The molecule has 2 rings (SSSR count). The number of carbonyl (C=O) groups excluding carboxylic acids is 1. The van der Waals surface area contributed by atoms with Crippen LogP contribution >= 0.6 is 0 Å². The van der Waals surface area contributed by atoms with Gasteiger partial charge in [-0.05, 0) is 25.3 Å². The Morgan fingerprint density at radius 2 is 2.05 bits per heavy atom. The summed E-state index contributed by atoms with van der Waals surface area (Å²) >= 11 is 0. The summed E-state index contributed by atoms with van der Waals surface area (Å²) < 4.78 is 9.79. The van der Waals surface area contributed by atoms with Crippen molar-refractivity contribution in [3.8, 4) is 11.5 Å². The summed E-state index contributed by atoms with van der Waals surface area (Å²) in [6, 6.07) is 3.73. The highest BCUT2D eigenvalue weighted by Crippen LogP contribution is 2.32. The average Bonchev–Trinajstić information content (AvgIpc) is 2.37. The molecule has 2 N–H and O–H groups in total. The van der Waals surface area contributed by atoms with Gasteiger partial charge < -0.3 is 19.4 Å². The van der Waals surface area contributed by atoms with Gasteiger partial charge in [0.25, 0.3) is 0 Å². The summed E-state index contributed by atoms with van der Waals surface area (Å²) in [5.41, 5.74) is 0.118. The van der Waals surface area contributed by atoms with E-state index in [0.29, 0.717) is 30.4 Å². The predicted molar refractivity (Wildman–Crippen MR) is 75.4 cm³/mol. The lowest BCUT2D eigenvalue weighted by Crippen LogP contribution is -2.05. The first kappa shape index (κ1) is 14.9. The number of esters is 1. The molecule has 2 aromatic rings. The Bertz CT molecular complexity index is 716. The van der Waals surface area contributed by atoms with Gasteiger partial charge in [0.05, 0.1) is 12.0 Å². The number of benzene rings is 1. The Morgan fingerprint density at radius 1 is 1.29 bits per heavy atom. The minimum Gasteiger partial charge on any atom is -0.508 e. The van der Waals surface area contributed by atoms with Gasteiger partial charge in [0, 0.05) is 24.6 Å². The summed E-state index contributed by atoms with van der Waals surface area (Å²) in [7, 11) is 0. The second-order valence-corrected chi connectivity index (χ2v) is 4.59. The Hall–Kier alpha value is -2.50. The van der Waals surface area contributed by atoms with Crippen molar-refractivity contribution in [3.05, 3.63) is 34.2 Å². The number of aromatic hydroxyl groups is 2. The molecule has 6 nitrogen and oxygen atoms in total. The minimum absolute atomic E-state index is 0.117. The number of hydrogen-bond acceptors (Lipinski definition) is 6. The number of rotatable bonds is 5. The molecule has 0 unspecified atom stereocenters. The first-order valence-corrected chi connectivity index (χ1v) is 6.65. The quantitative estimate of drug-likeness (QED) is 0.647. The maximum atomic E-state index is 11.5. The topological polar surface area (TPSA) is 97.0 Å². The summed E-state index contributed by atoms with van der Waals surface area (Å²) in [6.45, 7) is 2.06. The van der Waals surface area contributed by atoms with E-state index in [0.717, 1.165) is 0 Å². The monoisotopic (exact) mass is 292 g/mol. The van der Waals surface area contributed by atoms with E-state index in [4.69, 9.17) is 9.15 Å². The molecule has 0 aliphatic carbocycles. The van der Waals surface area contributed by atoms with Gasteiger partial charge in [0.1, 0.15) is 17.1 Å². The smallest absolute Gasteiger partial charge is 0.336 e. The van der Waals surface area contributed by atoms with E-state index in [1.54, 1.807) is 6.92 Å². The molecule has 0 bridgehead atoms. The molecule has 0 aliphatic heterocycles. The van der Waals surface area contributed by atoms with Crippen LogP contribution in [0.5, 0.6) is 11.5 Å².